The van der Waals surface area contributed by atoms with E-state index in [1.807, 2.05) is 26.2 Å². The van der Waals surface area contributed by atoms with Crippen molar-refractivity contribution in [1.29, 1.82) is 0 Å². The van der Waals surface area contributed by atoms with Gasteiger partial charge in [-0.1, -0.05) is 0 Å². The summed E-state index contributed by atoms with van der Waals surface area (Å²) in [5.41, 5.74) is 0.892. The van der Waals surface area contributed by atoms with Gasteiger partial charge in [-0.2, -0.15) is 0 Å². The van der Waals surface area contributed by atoms with E-state index in [4.69, 9.17) is 0 Å². The molecule has 20 heavy (non-hydrogen) atoms. The molecule has 0 aliphatic rings. The number of hydrogen-bond donors (Lipinski definition) is 2. The Morgan fingerprint density at radius 1 is 1.35 bits per heavy atom. The molecule has 2 heterocycles. The predicted molar refractivity (Wildman–Crippen MR) is 81.1 cm³/mol. The van der Waals surface area contributed by atoms with Gasteiger partial charge in [0.25, 0.3) is 5.91 Å². The van der Waals surface area contributed by atoms with Crippen LogP contribution in [0.2, 0.25) is 0 Å². The summed E-state index contributed by atoms with van der Waals surface area (Å²) in [6, 6.07) is 3.51. The van der Waals surface area contributed by atoms with Gasteiger partial charge in [-0.25, -0.2) is 9.97 Å². The van der Waals surface area contributed by atoms with Crippen LogP contribution >= 0.6 is 11.3 Å². The number of nitrogens with one attached hydrogen (secondary N) is 2. The van der Waals surface area contributed by atoms with E-state index in [0.717, 1.165) is 10.7 Å². The molecule has 2 rings (SSSR count). The first-order valence-corrected chi connectivity index (χ1v) is 7.19. The number of rotatable bonds is 4. The van der Waals surface area contributed by atoms with E-state index < -0.39 is 5.54 Å². The van der Waals surface area contributed by atoms with Crippen LogP contribution in [0, 0.1) is 6.92 Å². The fourth-order valence-corrected chi connectivity index (χ4v) is 2.59. The highest BCUT2D eigenvalue weighted by molar-refractivity contribution is 7.09. The van der Waals surface area contributed by atoms with E-state index in [2.05, 4.69) is 20.6 Å². The third-order valence-corrected chi connectivity index (χ3v) is 3.96. The molecule has 5 nitrogen and oxygen atoms in total. The largest absolute Gasteiger partial charge is 0.373 e. The van der Waals surface area contributed by atoms with Crippen molar-refractivity contribution in [2.24, 2.45) is 0 Å². The minimum absolute atomic E-state index is 0.132. The molecule has 0 spiro atoms. The predicted octanol–water partition coefficient (Wildman–Crippen LogP) is 2.55. The maximum absolute atomic E-state index is 12.4. The Hall–Kier alpha value is -1.95. The number of aromatic nitrogens is 2. The van der Waals surface area contributed by atoms with Crippen LogP contribution in [-0.2, 0) is 5.54 Å². The van der Waals surface area contributed by atoms with Gasteiger partial charge in [-0.15, -0.1) is 11.3 Å². The van der Waals surface area contributed by atoms with Crippen molar-refractivity contribution < 1.29 is 4.79 Å². The molecule has 0 radical (unpaired) electrons. The Labute approximate surface area is 122 Å². The van der Waals surface area contributed by atoms with Gasteiger partial charge >= 0.3 is 0 Å². The minimum atomic E-state index is -0.498. The van der Waals surface area contributed by atoms with Crippen LogP contribution in [0.1, 0.15) is 34.9 Å². The van der Waals surface area contributed by atoms with Crippen molar-refractivity contribution in [3.05, 3.63) is 40.0 Å². The maximum Gasteiger partial charge on any atom is 0.252 e. The van der Waals surface area contributed by atoms with Crippen molar-refractivity contribution in [2.45, 2.75) is 26.3 Å². The SMILES string of the molecule is CNc1cc(C(=O)NC(C)(C)c2nccs2)cc(C)n1. The summed E-state index contributed by atoms with van der Waals surface area (Å²) < 4.78 is 0. The second-order valence-electron chi connectivity index (χ2n) is 5.05. The first-order valence-electron chi connectivity index (χ1n) is 6.31. The van der Waals surface area contributed by atoms with Gasteiger partial charge in [0.1, 0.15) is 10.8 Å². The molecule has 6 heteroatoms. The van der Waals surface area contributed by atoms with Gasteiger partial charge in [0.15, 0.2) is 0 Å². The zero-order chi connectivity index (χ0) is 14.8. The van der Waals surface area contributed by atoms with Crippen LogP contribution in [-0.4, -0.2) is 22.9 Å². The van der Waals surface area contributed by atoms with E-state index in [-0.39, 0.29) is 5.91 Å². The average molecular weight is 290 g/mol. The number of hydrogen-bond acceptors (Lipinski definition) is 5. The molecule has 106 valence electrons. The molecule has 0 bridgehead atoms. The molecule has 0 saturated heterocycles. The third-order valence-electron chi connectivity index (χ3n) is 2.86. The second kappa shape index (κ2) is 5.58. The first kappa shape index (κ1) is 14.5. The van der Waals surface area contributed by atoms with Crippen LogP contribution < -0.4 is 10.6 Å². The highest BCUT2D eigenvalue weighted by Crippen LogP contribution is 2.22. The fraction of sp³-hybridized carbons (Fsp3) is 0.357. The summed E-state index contributed by atoms with van der Waals surface area (Å²) in [5.74, 6) is 0.550. The summed E-state index contributed by atoms with van der Waals surface area (Å²) in [6.07, 6.45) is 1.74. The number of thiazole rings is 1. The molecule has 0 unspecified atom stereocenters. The Bertz CT molecular complexity index is 608. The van der Waals surface area contributed by atoms with Gasteiger partial charge in [-0.05, 0) is 32.9 Å². The normalized spacial score (nSPS) is 11.2. The maximum atomic E-state index is 12.4. The number of carbonyl (C=O) groups excluding carboxylic acids is 1. The standard InChI is InChI=1S/C14H18N4OS/c1-9-7-10(8-11(15-4)17-9)12(19)18-14(2,3)13-16-5-6-20-13/h5-8H,1-4H3,(H,15,17)(H,18,19). The Balaban J connectivity index is 2.22. The van der Waals surface area contributed by atoms with Crippen molar-refractivity contribution in [3.63, 3.8) is 0 Å². The van der Waals surface area contributed by atoms with Crippen LogP contribution in [0.15, 0.2) is 23.7 Å². The molecule has 0 aromatic carbocycles. The number of carbonyl (C=O) groups is 1. The van der Waals surface area contributed by atoms with Crippen molar-refractivity contribution in [1.82, 2.24) is 15.3 Å². The fourth-order valence-electron chi connectivity index (χ4n) is 1.87. The van der Waals surface area contributed by atoms with Crippen molar-refractivity contribution >= 4 is 23.1 Å². The van der Waals surface area contributed by atoms with E-state index in [1.54, 1.807) is 25.4 Å². The number of anilines is 1. The van der Waals surface area contributed by atoms with Crippen molar-refractivity contribution in [3.8, 4) is 0 Å². The van der Waals surface area contributed by atoms with Gasteiger partial charge < -0.3 is 10.6 Å². The Kier molecular flexibility index (Phi) is 4.04. The summed E-state index contributed by atoms with van der Waals surface area (Å²) in [6.45, 7) is 5.75. The summed E-state index contributed by atoms with van der Waals surface area (Å²) in [4.78, 5) is 20.9. The first-order chi connectivity index (χ1) is 9.42. The van der Waals surface area contributed by atoms with Gasteiger partial charge in [0, 0.05) is 29.9 Å². The molecule has 0 atom stereocenters. The minimum Gasteiger partial charge on any atom is -0.373 e. The smallest absolute Gasteiger partial charge is 0.252 e. The molecule has 2 aromatic rings. The van der Waals surface area contributed by atoms with E-state index in [9.17, 15) is 4.79 Å². The topological polar surface area (TPSA) is 66.9 Å². The van der Waals surface area contributed by atoms with Gasteiger partial charge in [0.2, 0.25) is 0 Å². The van der Waals surface area contributed by atoms with E-state index in [0.29, 0.717) is 11.4 Å². The van der Waals surface area contributed by atoms with Crippen LogP contribution in [0.25, 0.3) is 0 Å². The summed E-state index contributed by atoms with van der Waals surface area (Å²) >= 11 is 1.53. The molecule has 0 aliphatic heterocycles. The summed E-state index contributed by atoms with van der Waals surface area (Å²) in [7, 11) is 1.78. The third kappa shape index (κ3) is 3.14. The second-order valence-corrected chi connectivity index (χ2v) is 5.94. The molecule has 0 fully saturated rings. The molecular weight excluding hydrogens is 272 g/mol. The number of nitrogens with zero attached hydrogens (tertiary/aromatic N) is 2. The average Bonchev–Trinajstić information content (AvgIpc) is 2.92. The highest BCUT2D eigenvalue weighted by Gasteiger charge is 2.26. The number of aryl methyl sites for hydroxylation is 1. The zero-order valence-corrected chi connectivity index (χ0v) is 12.8. The van der Waals surface area contributed by atoms with Crippen molar-refractivity contribution in [2.75, 3.05) is 12.4 Å². The molecule has 2 aromatic heterocycles. The van der Waals surface area contributed by atoms with Crippen LogP contribution in [0.4, 0.5) is 5.82 Å². The summed E-state index contributed by atoms with van der Waals surface area (Å²) in [5, 5.41) is 8.74. The lowest BCUT2D eigenvalue weighted by Gasteiger charge is -2.24. The van der Waals surface area contributed by atoms with Crippen LogP contribution in [0.3, 0.4) is 0 Å². The number of pyridine rings is 1. The lowest BCUT2D eigenvalue weighted by molar-refractivity contribution is 0.0911. The van der Waals surface area contributed by atoms with E-state index in [1.165, 1.54) is 11.3 Å². The van der Waals surface area contributed by atoms with Crippen LogP contribution in [0.5, 0.6) is 0 Å². The lowest BCUT2D eigenvalue weighted by Crippen LogP contribution is -2.41. The zero-order valence-electron chi connectivity index (χ0n) is 12.0. The van der Waals surface area contributed by atoms with Gasteiger partial charge in [0.05, 0.1) is 5.54 Å². The molecule has 2 N–H and O–H groups in total. The Morgan fingerprint density at radius 3 is 2.70 bits per heavy atom. The number of amides is 1. The highest BCUT2D eigenvalue weighted by atomic mass is 32.1. The monoisotopic (exact) mass is 290 g/mol. The lowest BCUT2D eigenvalue weighted by atomic mass is 10.1. The molecule has 1 amide bonds. The van der Waals surface area contributed by atoms with Gasteiger partial charge in [-0.3, -0.25) is 4.79 Å². The van der Waals surface area contributed by atoms with E-state index >= 15 is 0 Å². The molecule has 0 saturated carbocycles. The molecule has 0 aliphatic carbocycles. The molecular formula is C14H18N4OS. The quantitative estimate of drug-likeness (QED) is 0.908. The Morgan fingerprint density at radius 2 is 2.10 bits per heavy atom.